The van der Waals surface area contributed by atoms with Crippen LogP contribution in [0.25, 0.3) is 6.08 Å². The van der Waals surface area contributed by atoms with Gasteiger partial charge in [-0.25, -0.2) is 0 Å². The number of carbonyl (C=O) groups is 1. The molecule has 2 aromatic rings. The van der Waals surface area contributed by atoms with Crippen molar-refractivity contribution in [3.05, 3.63) is 70.3 Å². The van der Waals surface area contributed by atoms with E-state index in [0.29, 0.717) is 17.9 Å². The van der Waals surface area contributed by atoms with Crippen LogP contribution in [0.3, 0.4) is 0 Å². The lowest BCUT2D eigenvalue weighted by molar-refractivity contribution is -0.123. The highest BCUT2D eigenvalue weighted by molar-refractivity contribution is 6.30. The van der Waals surface area contributed by atoms with Crippen molar-refractivity contribution < 1.29 is 4.79 Å². The molecule has 3 nitrogen and oxygen atoms in total. The number of carbonyl (C=O) groups excluding carboxylic acids is 1. The molecule has 1 spiro atoms. The Hall–Kier alpha value is -2.26. The Morgan fingerprint density at radius 2 is 1.81 bits per heavy atom. The van der Waals surface area contributed by atoms with E-state index in [9.17, 15) is 4.79 Å². The molecule has 0 aromatic heterocycles. The predicted molar refractivity (Wildman–Crippen MR) is 107 cm³/mol. The number of halogens is 1. The van der Waals surface area contributed by atoms with Crippen LogP contribution >= 0.6 is 11.6 Å². The third-order valence-electron chi connectivity index (χ3n) is 6.24. The molecule has 4 heteroatoms. The number of fused-ring (bicyclic) bond motifs is 2. The van der Waals surface area contributed by atoms with E-state index < -0.39 is 5.54 Å². The van der Waals surface area contributed by atoms with Crippen molar-refractivity contribution in [2.75, 3.05) is 5.32 Å². The molecule has 1 fully saturated rings. The Bertz CT molecular complexity index is 895. The second kappa shape index (κ2) is 6.17. The first-order valence-corrected chi connectivity index (χ1v) is 9.45. The fraction of sp³-hybridized carbons (Fsp3) is 0.318. The number of nitrogens with one attached hydrogen (secondary N) is 1. The Labute approximate surface area is 159 Å². The molecule has 0 atom stereocenters. The molecule has 2 aromatic carbocycles. The second-order valence-corrected chi connectivity index (χ2v) is 8.01. The Kier molecular flexibility index (Phi) is 4.07. The average Bonchev–Trinajstić information content (AvgIpc) is 2.89. The normalized spacial score (nSPS) is 27.1. The molecule has 4 rings (SSSR count). The van der Waals surface area contributed by atoms with E-state index in [2.05, 4.69) is 42.6 Å². The summed E-state index contributed by atoms with van der Waals surface area (Å²) >= 11 is 6.10. The number of hydrogen-bond acceptors (Lipinski definition) is 2. The predicted octanol–water partition coefficient (Wildman–Crippen LogP) is 4.90. The second-order valence-electron chi connectivity index (χ2n) is 7.58. The molecule has 1 saturated carbocycles. The summed E-state index contributed by atoms with van der Waals surface area (Å²) in [6.45, 7) is 2.21. The lowest BCUT2D eigenvalue weighted by Crippen LogP contribution is -2.55. The van der Waals surface area contributed by atoms with Gasteiger partial charge in [-0.2, -0.15) is 0 Å². The number of benzene rings is 2. The number of anilines is 1. The molecule has 2 aliphatic carbocycles. The van der Waals surface area contributed by atoms with Crippen LogP contribution in [0.5, 0.6) is 0 Å². The first-order valence-electron chi connectivity index (χ1n) is 9.07. The summed E-state index contributed by atoms with van der Waals surface area (Å²) in [5.74, 6) is -0.291. The highest BCUT2D eigenvalue weighted by Crippen LogP contribution is 2.53. The zero-order valence-electron chi connectivity index (χ0n) is 14.9. The quantitative estimate of drug-likeness (QED) is 0.811. The summed E-state index contributed by atoms with van der Waals surface area (Å²) in [4.78, 5) is 12.4. The number of rotatable bonds is 3. The van der Waals surface area contributed by atoms with E-state index in [1.165, 1.54) is 16.7 Å². The smallest absolute Gasteiger partial charge is 0.243 e. The van der Waals surface area contributed by atoms with Crippen LogP contribution in [-0.4, -0.2) is 11.4 Å². The number of allylic oxidation sites excluding steroid dienone is 1. The molecular formula is C22H23ClN2O. The summed E-state index contributed by atoms with van der Waals surface area (Å²) in [6, 6.07) is 16.1. The molecule has 0 saturated heterocycles. The SMILES string of the molecule is CC1=Cc2ccccc2C12CCC(Nc1cccc(Cl)c1)(C(N)=O)CC2. The lowest BCUT2D eigenvalue weighted by atomic mass is 9.62. The molecular weight excluding hydrogens is 344 g/mol. The summed E-state index contributed by atoms with van der Waals surface area (Å²) in [7, 11) is 0. The maximum atomic E-state index is 12.4. The van der Waals surface area contributed by atoms with Gasteiger partial charge in [0.15, 0.2) is 0 Å². The van der Waals surface area contributed by atoms with Crippen LogP contribution in [0, 0.1) is 0 Å². The first kappa shape index (κ1) is 17.2. The molecule has 0 unspecified atom stereocenters. The minimum Gasteiger partial charge on any atom is -0.371 e. The van der Waals surface area contributed by atoms with Crippen molar-refractivity contribution in [2.24, 2.45) is 5.73 Å². The Balaban J connectivity index is 1.63. The molecule has 0 aliphatic heterocycles. The molecule has 26 heavy (non-hydrogen) atoms. The van der Waals surface area contributed by atoms with Gasteiger partial charge < -0.3 is 11.1 Å². The third kappa shape index (κ3) is 2.62. The standard InChI is InChI=1S/C22H23ClN2O/c1-15-13-16-5-2-3-8-19(16)21(15)9-11-22(12-10-21,20(24)26)25-18-7-4-6-17(23)14-18/h2-8,13-14,25H,9-12H2,1H3,(H2,24,26). The van der Waals surface area contributed by atoms with Crippen molar-refractivity contribution in [1.82, 2.24) is 0 Å². The van der Waals surface area contributed by atoms with Crippen molar-refractivity contribution in [2.45, 2.75) is 43.6 Å². The van der Waals surface area contributed by atoms with Crippen LogP contribution < -0.4 is 11.1 Å². The molecule has 0 heterocycles. The van der Waals surface area contributed by atoms with E-state index in [1.54, 1.807) is 0 Å². The van der Waals surface area contributed by atoms with Gasteiger partial charge in [0.1, 0.15) is 5.54 Å². The zero-order valence-corrected chi connectivity index (χ0v) is 15.6. The van der Waals surface area contributed by atoms with Gasteiger partial charge in [0.25, 0.3) is 0 Å². The van der Waals surface area contributed by atoms with E-state index in [1.807, 2.05) is 24.3 Å². The molecule has 0 radical (unpaired) electrons. The van der Waals surface area contributed by atoms with Crippen LogP contribution in [0.4, 0.5) is 5.69 Å². The van der Waals surface area contributed by atoms with Gasteiger partial charge in [-0.05, 0) is 61.9 Å². The van der Waals surface area contributed by atoms with E-state index in [-0.39, 0.29) is 11.3 Å². The Morgan fingerprint density at radius 1 is 1.08 bits per heavy atom. The topological polar surface area (TPSA) is 55.1 Å². The van der Waals surface area contributed by atoms with Gasteiger partial charge in [-0.1, -0.05) is 53.6 Å². The summed E-state index contributed by atoms with van der Waals surface area (Å²) in [5.41, 5.74) is 10.1. The molecule has 2 aliphatic rings. The molecule has 3 N–H and O–H groups in total. The number of primary amides is 1. The highest BCUT2D eigenvalue weighted by Gasteiger charge is 2.49. The third-order valence-corrected chi connectivity index (χ3v) is 6.48. The van der Waals surface area contributed by atoms with Crippen LogP contribution in [0.2, 0.25) is 5.02 Å². The largest absolute Gasteiger partial charge is 0.371 e. The van der Waals surface area contributed by atoms with Gasteiger partial charge in [-0.15, -0.1) is 0 Å². The molecule has 134 valence electrons. The monoisotopic (exact) mass is 366 g/mol. The van der Waals surface area contributed by atoms with Gasteiger partial charge in [0, 0.05) is 16.1 Å². The fourth-order valence-corrected chi connectivity index (χ4v) is 4.88. The summed E-state index contributed by atoms with van der Waals surface area (Å²) < 4.78 is 0. The first-order chi connectivity index (χ1) is 12.5. The van der Waals surface area contributed by atoms with Gasteiger partial charge in [0.05, 0.1) is 0 Å². The highest BCUT2D eigenvalue weighted by atomic mass is 35.5. The number of hydrogen-bond donors (Lipinski definition) is 2. The van der Waals surface area contributed by atoms with Gasteiger partial charge in [0.2, 0.25) is 5.91 Å². The van der Waals surface area contributed by atoms with Crippen molar-refractivity contribution in [1.29, 1.82) is 0 Å². The molecule has 1 amide bonds. The van der Waals surface area contributed by atoms with Gasteiger partial charge in [-0.3, -0.25) is 4.79 Å². The van der Waals surface area contributed by atoms with Crippen molar-refractivity contribution in [3.8, 4) is 0 Å². The Morgan fingerprint density at radius 3 is 2.50 bits per heavy atom. The van der Waals surface area contributed by atoms with E-state index in [4.69, 9.17) is 17.3 Å². The summed E-state index contributed by atoms with van der Waals surface area (Å²) in [5, 5.41) is 4.05. The maximum Gasteiger partial charge on any atom is 0.243 e. The summed E-state index contributed by atoms with van der Waals surface area (Å²) in [6.07, 6.45) is 5.51. The van der Waals surface area contributed by atoms with E-state index >= 15 is 0 Å². The zero-order chi connectivity index (χ0) is 18.4. The number of nitrogens with two attached hydrogens (primary N) is 1. The lowest BCUT2D eigenvalue weighted by Gasteiger charge is -2.45. The minimum absolute atomic E-state index is 0.0333. The van der Waals surface area contributed by atoms with Crippen molar-refractivity contribution in [3.63, 3.8) is 0 Å². The molecule has 0 bridgehead atoms. The van der Waals surface area contributed by atoms with Gasteiger partial charge >= 0.3 is 0 Å². The van der Waals surface area contributed by atoms with Crippen LogP contribution in [-0.2, 0) is 10.2 Å². The van der Waals surface area contributed by atoms with Crippen molar-refractivity contribution >= 4 is 29.3 Å². The fourth-order valence-electron chi connectivity index (χ4n) is 4.69. The van der Waals surface area contributed by atoms with E-state index in [0.717, 1.165) is 18.5 Å². The minimum atomic E-state index is -0.728. The van der Waals surface area contributed by atoms with Crippen LogP contribution in [0.1, 0.15) is 43.7 Å². The number of amides is 1. The maximum absolute atomic E-state index is 12.4. The van der Waals surface area contributed by atoms with Crippen LogP contribution in [0.15, 0.2) is 54.1 Å². The average molecular weight is 367 g/mol.